The summed E-state index contributed by atoms with van der Waals surface area (Å²) in [5.41, 5.74) is 3.79. The third kappa shape index (κ3) is 3.40. The first-order chi connectivity index (χ1) is 15.4. The topological polar surface area (TPSA) is 110 Å². The van der Waals surface area contributed by atoms with E-state index in [0.29, 0.717) is 27.4 Å². The molecule has 0 aliphatic carbocycles. The Morgan fingerprint density at radius 1 is 1.09 bits per heavy atom. The van der Waals surface area contributed by atoms with Gasteiger partial charge in [-0.25, -0.2) is 4.68 Å². The first kappa shape index (κ1) is 19.9. The number of fused-ring (bicyclic) bond motifs is 1. The third-order valence-electron chi connectivity index (χ3n) is 5.18. The van der Waals surface area contributed by atoms with E-state index < -0.39 is 0 Å². The van der Waals surface area contributed by atoms with E-state index in [1.165, 1.54) is 22.2 Å². The van der Waals surface area contributed by atoms with E-state index in [4.69, 9.17) is 0 Å². The lowest BCUT2D eigenvalue weighted by molar-refractivity contribution is 0.103. The molecule has 0 saturated heterocycles. The van der Waals surface area contributed by atoms with E-state index in [0.717, 1.165) is 16.8 Å². The fraction of sp³-hybridized carbons (Fsp3) is 0.136. The van der Waals surface area contributed by atoms with Crippen LogP contribution in [0.2, 0.25) is 0 Å². The molecule has 0 unspecified atom stereocenters. The quantitative estimate of drug-likeness (QED) is 0.440. The van der Waals surface area contributed by atoms with Crippen molar-refractivity contribution in [2.45, 2.75) is 20.8 Å². The Morgan fingerprint density at radius 3 is 2.69 bits per heavy atom. The standard InChI is InChI=1S/C22H19N7O2S/c1-12-6-7-15(9-13(12)2)28-19-16(11-23-28)20(30)26-22(25-19)29-18(10-14(3)27-29)24-21(31)17-5-4-8-32-17/h4-11H,1-3H3,(H,24,31)(H,25,26,30). The zero-order chi connectivity index (χ0) is 22.4. The van der Waals surface area contributed by atoms with Gasteiger partial charge in [-0.3, -0.25) is 14.6 Å². The molecule has 9 nitrogen and oxygen atoms in total. The number of amides is 1. The summed E-state index contributed by atoms with van der Waals surface area (Å²) in [6, 6.07) is 11.2. The van der Waals surface area contributed by atoms with Gasteiger partial charge in [-0.05, 0) is 55.5 Å². The third-order valence-corrected chi connectivity index (χ3v) is 6.05. The number of carbonyl (C=O) groups is 1. The number of carbonyl (C=O) groups excluding carboxylic acids is 1. The molecule has 0 radical (unpaired) electrons. The van der Waals surface area contributed by atoms with Crippen LogP contribution in [-0.2, 0) is 0 Å². The Kier molecular flexibility index (Phi) is 4.71. The number of thiophene rings is 1. The summed E-state index contributed by atoms with van der Waals surface area (Å²) in [4.78, 5) is 33.3. The van der Waals surface area contributed by atoms with Crippen molar-refractivity contribution in [2.75, 3.05) is 5.32 Å². The van der Waals surface area contributed by atoms with Crippen LogP contribution in [0.1, 0.15) is 26.5 Å². The predicted molar refractivity (Wildman–Crippen MR) is 123 cm³/mol. The maximum Gasteiger partial charge on any atom is 0.266 e. The van der Waals surface area contributed by atoms with Gasteiger partial charge in [-0.2, -0.15) is 19.9 Å². The molecule has 32 heavy (non-hydrogen) atoms. The second kappa shape index (κ2) is 7.57. The van der Waals surface area contributed by atoms with Crippen LogP contribution in [0.3, 0.4) is 0 Å². The molecule has 5 rings (SSSR count). The van der Waals surface area contributed by atoms with Gasteiger partial charge < -0.3 is 5.32 Å². The van der Waals surface area contributed by atoms with E-state index >= 15 is 0 Å². The molecule has 10 heteroatoms. The van der Waals surface area contributed by atoms with Crippen LogP contribution in [0.4, 0.5) is 5.82 Å². The smallest absolute Gasteiger partial charge is 0.266 e. The second-order valence-corrected chi connectivity index (χ2v) is 8.41. The molecule has 2 N–H and O–H groups in total. The van der Waals surface area contributed by atoms with Crippen molar-refractivity contribution in [2.24, 2.45) is 0 Å². The molecule has 4 aromatic heterocycles. The Labute approximate surface area is 186 Å². The number of rotatable bonds is 4. The summed E-state index contributed by atoms with van der Waals surface area (Å²) in [6.07, 6.45) is 1.49. The van der Waals surface area contributed by atoms with Gasteiger partial charge in [0, 0.05) is 6.07 Å². The highest BCUT2D eigenvalue weighted by molar-refractivity contribution is 7.12. The number of benzene rings is 1. The van der Waals surface area contributed by atoms with E-state index in [2.05, 4.69) is 25.5 Å². The summed E-state index contributed by atoms with van der Waals surface area (Å²) in [5, 5.41) is 13.8. The van der Waals surface area contributed by atoms with Gasteiger partial charge in [0.2, 0.25) is 5.95 Å². The molecule has 0 fully saturated rings. The fourth-order valence-electron chi connectivity index (χ4n) is 3.39. The first-order valence-corrected chi connectivity index (χ1v) is 10.8. The Morgan fingerprint density at radius 2 is 1.94 bits per heavy atom. The summed E-state index contributed by atoms with van der Waals surface area (Å²) in [5.74, 6) is 0.327. The van der Waals surface area contributed by atoms with E-state index in [-0.39, 0.29) is 17.4 Å². The zero-order valence-corrected chi connectivity index (χ0v) is 18.4. The highest BCUT2D eigenvalue weighted by atomic mass is 32.1. The number of aromatic nitrogens is 6. The first-order valence-electron chi connectivity index (χ1n) is 9.88. The maximum atomic E-state index is 12.8. The zero-order valence-electron chi connectivity index (χ0n) is 17.6. The molecule has 0 saturated carbocycles. The van der Waals surface area contributed by atoms with Crippen molar-refractivity contribution in [3.63, 3.8) is 0 Å². The Hall–Kier alpha value is -4.05. The van der Waals surface area contributed by atoms with E-state index in [1.54, 1.807) is 23.7 Å². The van der Waals surface area contributed by atoms with Crippen molar-refractivity contribution in [3.8, 4) is 11.6 Å². The van der Waals surface area contributed by atoms with E-state index in [9.17, 15) is 9.59 Å². The molecule has 160 valence electrons. The van der Waals surface area contributed by atoms with Gasteiger partial charge in [0.05, 0.1) is 22.5 Å². The minimum atomic E-state index is -0.344. The van der Waals surface area contributed by atoms with E-state index in [1.807, 2.05) is 43.5 Å². The van der Waals surface area contributed by atoms with Crippen molar-refractivity contribution in [1.29, 1.82) is 0 Å². The molecule has 0 atom stereocenters. The monoisotopic (exact) mass is 445 g/mol. The fourth-order valence-corrected chi connectivity index (χ4v) is 4.01. The van der Waals surface area contributed by atoms with Gasteiger partial charge in [0.1, 0.15) is 11.2 Å². The number of nitrogens with zero attached hydrogens (tertiary/aromatic N) is 5. The van der Waals surface area contributed by atoms with Gasteiger partial charge >= 0.3 is 0 Å². The number of aryl methyl sites for hydroxylation is 3. The number of hydrogen-bond donors (Lipinski definition) is 2. The predicted octanol–water partition coefficient (Wildman–Crippen LogP) is 3.53. The highest BCUT2D eigenvalue weighted by Gasteiger charge is 2.18. The van der Waals surface area contributed by atoms with Crippen LogP contribution in [0.15, 0.2) is 52.8 Å². The lowest BCUT2D eigenvalue weighted by atomic mass is 10.1. The lowest BCUT2D eigenvalue weighted by Gasteiger charge is -2.09. The molecule has 0 aliphatic heterocycles. The lowest BCUT2D eigenvalue weighted by Crippen LogP contribution is -2.18. The van der Waals surface area contributed by atoms with Gasteiger partial charge in [0.25, 0.3) is 11.5 Å². The molecular formula is C22H19N7O2S. The number of anilines is 1. The van der Waals surface area contributed by atoms with Crippen molar-refractivity contribution >= 4 is 34.1 Å². The van der Waals surface area contributed by atoms with Gasteiger partial charge in [0.15, 0.2) is 5.65 Å². The minimum Gasteiger partial charge on any atom is -0.306 e. The molecule has 0 bridgehead atoms. The second-order valence-electron chi connectivity index (χ2n) is 7.47. The summed E-state index contributed by atoms with van der Waals surface area (Å²) in [7, 11) is 0. The van der Waals surface area contributed by atoms with Crippen LogP contribution in [0, 0.1) is 20.8 Å². The van der Waals surface area contributed by atoms with Gasteiger partial charge in [-0.1, -0.05) is 12.1 Å². The number of aromatic amines is 1. The normalized spacial score (nSPS) is 11.2. The van der Waals surface area contributed by atoms with Crippen LogP contribution in [0.25, 0.3) is 22.7 Å². The molecule has 0 aliphatic rings. The van der Waals surface area contributed by atoms with Gasteiger partial charge in [-0.15, -0.1) is 11.3 Å². The molecule has 0 spiro atoms. The SMILES string of the molecule is Cc1cc(NC(=O)c2cccs2)n(-c2nc3c(cnn3-c3ccc(C)c(C)c3)c(=O)[nH]2)n1. The average molecular weight is 446 g/mol. The van der Waals surface area contributed by atoms with Crippen molar-refractivity contribution in [1.82, 2.24) is 29.5 Å². The van der Waals surface area contributed by atoms with Crippen LogP contribution in [0.5, 0.6) is 0 Å². The number of H-pyrrole nitrogens is 1. The summed E-state index contributed by atoms with van der Waals surface area (Å²) in [6.45, 7) is 5.85. The summed E-state index contributed by atoms with van der Waals surface area (Å²) < 4.78 is 3.04. The Balaban J connectivity index is 1.62. The largest absolute Gasteiger partial charge is 0.306 e. The summed E-state index contributed by atoms with van der Waals surface area (Å²) >= 11 is 1.34. The van der Waals surface area contributed by atoms with Crippen LogP contribution in [-0.4, -0.2) is 35.4 Å². The molecule has 4 heterocycles. The number of nitrogens with one attached hydrogen (secondary N) is 2. The average Bonchev–Trinajstić information content (AvgIpc) is 3.50. The van der Waals surface area contributed by atoms with Crippen molar-refractivity contribution < 1.29 is 4.79 Å². The molecule has 1 amide bonds. The minimum absolute atomic E-state index is 0.183. The maximum absolute atomic E-state index is 12.8. The van der Waals surface area contributed by atoms with Crippen LogP contribution >= 0.6 is 11.3 Å². The highest BCUT2D eigenvalue weighted by Crippen LogP contribution is 2.20. The van der Waals surface area contributed by atoms with Crippen LogP contribution < -0.4 is 10.9 Å². The van der Waals surface area contributed by atoms with Crippen molar-refractivity contribution in [3.05, 3.63) is 80.0 Å². The Bertz CT molecular complexity index is 1530. The molecular weight excluding hydrogens is 426 g/mol. The number of hydrogen-bond acceptors (Lipinski definition) is 6. The molecule has 1 aromatic carbocycles. The molecule has 5 aromatic rings.